The topological polar surface area (TPSA) is 79.1 Å². The number of carbonyl (C=O) groups is 1. The van der Waals surface area contributed by atoms with Crippen LogP contribution in [0.15, 0.2) is 94.2 Å². The van der Waals surface area contributed by atoms with Crippen LogP contribution < -0.4 is 24.4 Å². The molecule has 1 unspecified atom stereocenters. The van der Waals surface area contributed by atoms with Crippen LogP contribution in [0.1, 0.15) is 29.7 Å². The molecular formula is C32H26N2O5S. The third-order valence-electron chi connectivity index (χ3n) is 6.28. The molecule has 1 aliphatic rings. The van der Waals surface area contributed by atoms with E-state index in [-0.39, 0.29) is 24.3 Å². The standard InChI is InChI=1S/C32H26N2O5S/c1-4-18-39-24-16-14-21(15-17-24)19-26-30(35)34-29(23-12-9-13-25(20-23)37-3)27(31(36)38-5-2)28(33-32(34)40-26)22-10-7-6-8-11-22/h1,6-17,19-20,29H,5,18H2,2-3H3. The van der Waals surface area contributed by atoms with Crippen molar-refractivity contribution >= 4 is 29.1 Å². The van der Waals surface area contributed by atoms with Gasteiger partial charge in [-0.1, -0.05) is 71.9 Å². The second-order valence-corrected chi connectivity index (χ2v) is 9.78. The molecule has 0 saturated carbocycles. The predicted molar refractivity (Wildman–Crippen MR) is 155 cm³/mol. The zero-order valence-electron chi connectivity index (χ0n) is 22.0. The van der Waals surface area contributed by atoms with Crippen molar-refractivity contribution in [3.8, 4) is 23.8 Å². The summed E-state index contributed by atoms with van der Waals surface area (Å²) in [5.41, 5.74) is 2.75. The van der Waals surface area contributed by atoms with Gasteiger partial charge in [-0.25, -0.2) is 9.79 Å². The molecule has 7 nitrogen and oxygen atoms in total. The number of benzene rings is 3. The van der Waals surface area contributed by atoms with Crippen LogP contribution in [0.3, 0.4) is 0 Å². The van der Waals surface area contributed by atoms with E-state index in [0.29, 0.717) is 32.1 Å². The Bertz CT molecular complexity index is 1790. The van der Waals surface area contributed by atoms with Crippen LogP contribution in [0, 0.1) is 12.3 Å². The Morgan fingerprint density at radius 2 is 1.85 bits per heavy atom. The molecule has 0 saturated heterocycles. The first kappa shape index (κ1) is 26.7. The number of fused-ring (bicyclic) bond motifs is 1. The Kier molecular flexibility index (Phi) is 7.94. The maximum atomic E-state index is 14.0. The highest BCUT2D eigenvalue weighted by Gasteiger charge is 2.35. The van der Waals surface area contributed by atoms with Gasteiger partial charge in [0.05, 0.1) is 35.6 Å². The Morgan fingerprint density at radius 1 is 1.07 bits per heavy atom. The number of ether oxygens (including phenoxy) is 3. The first-order chi connectivity index (χ1) is 19.5. The molecule has 0 amide bonds. The minimum Gasteiger partial charge on any atom is -0.497 e. The monoisotopic (exact) mass is 550 g/mol. The van der Waals surface area contributed by atoms with Crippen molar-refractivity contribution in [1.82, 2.24) is 4.57 Å². The lowest BCUT2D eigenvalue weighted by Crippen LogP contribution is -2.40. The predicted octanol–water partition coefficient (Wildman–Crippen LogP) is 3.96. The number of hydrogen-bond acceptors (Lipinski definition) is 7. The van der Waals surface area contributed by atoms with Crippen molar-refractivity contribution in [3.63, 3.8) is 0 Å². The fourth-order valence-corrected chi connectivity index (χ4v) is 5.50. The molecule has 1 atom stereocenters. The van der Waals surface area contributed by atoms with Gasteiger partial charge in [-0.15, -0.1) is 6.42 Å². The summed E-state index contributed by atoms with van der Waals surface area (Å²) in [5, 5.41) is 0. The lowest BCUT2D eigenvalue weighted by Gasteiger charge is -2.26. The normalized spacial score (nSPS) is 14.6. The third kappa shape index (κ3) is 5.33. The molecule has 5 rings (SSSR count). The largest absolute Gasteiger partial charge is 0.497 e. The Hall–Kier alpha value is -4.87. The number of carbonyl (C=O) groups excluding carboxylic acids is 1. The van der Waals surface area contributed by atoms with Gasteiger partial charge in [-0.2, -0.15) is 0 Å². The summed E-state index contributed by atoms with van der Waals surface area (Å²) in [6, 6.07) is 23.3. The van der Waals surface area contributed by atoms with Crippen molar-refractivity contribution in [3.05, 3.63) is 121 Å². The van der Waals surface area contributed by atoms with Crippen LogP contribution >= 0.6 is 11.3 Å². The van der Waals surface area contributed by atoms with Crippen molar-refractivity contribution in [1.29, 1.82) is 0 Å². The number of thiazole rings is 1. The average molecular weight is 551 g/mol. The quantitative estimate of drug-likeness (QED) is 0.245. The summed E-state index contributed by atoms with van der Waals surface area (Å²) >= 11 is 1.26. The maximum absolute atomic E-state index is 14.0. The van der Waals surface area contributed by atoms with Gasteiger partial charge in [0, 0.05) is 5.56 Å². The number of methoxy groups -OCH3 is 1. The van der Waals surface area contributed by atoms with Crippen molar-refractivity contribution < 1.29 is 19.0 Å². The van der Waals surface area contributed by atoms with E-state index in [9.17, 15) is 9.59 Å². The number of hydrogen-bond donors (Lipinski definition) is 0. The first-order valence-corrected chi connectivity index (χ1v) is 13.4. The minimum atomic E-state index is -0.776. The third-order valence-corrected chi connectivity index (χ3v) is 7.27. The van der Waals surface area contributed by atoms with Crippen LogP contribution in [0.2, 0.25) is 0 Å². The molecule has 2 heterocycles. The summed E-state index contributed by atoms with van der Waals surface area (Å²) in [6.07, 6.45) is 7.07. The van der Waals surface area contributed by atoms with Crippen LogP contribution in [-0.2, 0) is 9.53 Å². The van der Waals surface area contributed by atoms with E-state index in [0.717, 1.165) is 11.1 Å². The average Bonchev–Trinajstić information content (AvgIpc) is 3.30. The molecule has 0 spiro atoms. The van der Waals surface area contributed by atoms with E-state index in [1.54, 1.807) is 36.8 Å². The van der Waals surface area contributed by atoms with Gasteiger partial charge in [0.25, 0.3) is 5.56 Å². The van der Waals surface area contributed by atoms with Crippen molar-refractivity contribution in [2.45, 2.75) is 13.0 Å². The molecule has 8 heteroatoms. The van der Waals surface area contributed by atoms with Crippen LogP contribution in [0.25, 0.3) is 11.8 Å². The Morgan fingerprint density at radius 3 is 2.55 bits per heavy atom. The van der Waals surface area contributed by atoms with Crippen LogP contribution in [-0.4, -0.2) is 30.9 Å². The SMILES string of the molecule is C#CCOc1ccc(C=c2sc3n(c2=O)C(c2cccc(OC)c2)C(C(=O)OCC)=C(c2ccccc2)N=3)cc1. The molecule has 40 heavy (non-hydrogen) atoms. The molecule has 0 aliphatic carbocycles. The van der Waals surface area contributed by atoms with E-state index >= 15 is 0 Å². The van der Waals surface area contributed by atoms with Crippen molar-refractivity contribution in [2.75, 3.05) is 20.3 Å². The van der Waals surface area contributed by atoms with Gasteiger partial charge in [0.15, 0.2) is 4.80 Å². The zero-order valence-corrected chi connectivity index (χ0v) is 22.8. The van der Waals surface area contributed by atoms with Gasteiger partial charge in [-0.05, 0) is 48.4 Å². The molecule has 3 aromatic carbocycles. The number of nitrogens with zero attached hydrogens (tertiary/aromatic N) is 2. The van der Waals surface area contributed by atoms with E-state index in [2.05, 4.69) is 5.92 Å². The van der Waals surface area contributed by atoms with Gasteiger partial charge >= 0.3 is 5.97 Å². The molecular weight excluding hydrogens is 524 g/mol. The highest BCUT2D eigenvalue weighted by atomic mass is 32.1. The lowest BCUT2D eigenvalue weighted by atomic mass is 9.93. The highest BCUT2D eigenvalue weighted by Crippen LogP contribution is 2.36. The molecule has 1 aliphatic heterocycles. The Labute approximate surface area is 235 Å². The minimum absolute atomic E-state index is 0.175. The number of rotatable bonds is 8. The van der Waals surface area contributed by atoms with E-state index < -0.39 is 12.0 Å². The van der Waals surface area contributed by atoms with E-state index in [1.807, 2.05) is 66.7 Å². The fraction of sp³-hybridized carbons (Fsp3) is 0.156. The van der Waals surface area contributed by atoms with Gasteiger partial charge in [0.1, 0.15) is 18.1 Å². The van der Waals surface area contributed by atoms with Gasteiger partial charge in [-0.3, -0.25) is 9.36 Å². The molecule has 200 valence electrons. The summed E-state index contributed by atoms with van der Waals surface area (Å²) in [7, 11) is 1.57. The maximum Gasteiger partial charge on any atom is 0.338 e. The summed E-state index contributed by atoms with van der Waals surface area (Å²) in [5.74, 6) is 3.15. The number of esters is 1. The molecule has 0 N–H and O–H groups in total. The van der Waals surface area contributed by atoms with Crippen molar-refractivity contribution in [2.24, 2.45) is 4.99 Å². The first-order valence-electron chi connectivity index (χ1n) is 12.6. The van der Waals surface area contributed by atoms with Gasteiger partial charge < -0.3 is 14.2 Å². The van der Waals surface area contributed by atoms with Gasteiger partial charge in [0.2, 0.25) is 0 Å². The lowest BCUT2D eigenvalue weighted by molar-refractivity contribution is -0.138. The molecule has 0 fully saturated rings. The van der Waals surface area contributed by atoms with E-state index in [4.69, 9.17) is 25.6 Å². The molecule has 0 radical (unpaired) electrons. The molecule has 1 aromatic heterocycles. The molecule has 0 bridgehead atoms. The zero-order chi connectivity index (χ0) is 28.1. The summed E-state index contributed by atoms with van der Waals surface area (Å²) in [4.78, 5) is 32.8. The second-order valence-electron chi connectivity index (χ2n) is 8.77. The fourth-order valence-electron chi connectivity index (χ4n) is 4.50. The Balaban J connectivity index is 1.75. The second kappa shape index (κ2) is 11.9. The number of terminal acetylenes is 1. The highest BCUT2D eigenvalue weighted by molar-refractivity contribution is 7.07. The summed E-state index contributed by atoms with van der Waals surface area (Å²) < 4.78 is 18.5. The van der Waals surface area contributed by atoms with E-state index in [1.165, 1.54) is 11.3 Å². The smallest absolute Gasteiger partial charge is 0.338 e. The number of aromatic nitrogens is 1. The van der Waals surface area contributed by atoms with Crippen LogP contribution in [0.5, 0.6) is 11.5 Å². The molecule has 4 aromatic rings. The summed E-state index contributed by atoms with van der Waals surface area (Å²) in [6.45, 7) is 2.11. The van der Waals surface area contributed by atoms with Crippen LogP contribution in [0.4, 0.5) is 0 Å².